The molecule has 0 radical (unpaired) electrons. The Morgan fingerprint density at radius 1 is 1.29 bits per heavy atom. The highest BCUT2D eigenvalue weighted by Crippen LogP contribution is 2.25. The van der Waals surface area contributed by atoms with Gasteiger partial charge in [0.15, 0.2) is 0 Å². The van der Waals surface area contributed by atoms with Crippen LogP contribution in [0.3, 0.4) is 0 Å². The van der Waals surface area contributed by atoms with E-state index in [2.05, 4.69) is 10.3 Å². The minimum absolute atomic E-state index is 0.0809. The van der Waals surface area contributed by atoms with Gasteiger partial charge in [0.25, 0.3) is 0 Å². The van der Waals surface area contributed by atoms with E-state index in [0.29, 0.717) is 5.69 Å². The van der Waals surface area contributed by atoms with Gasteiger partial charge in [-0.15, -0.1) is 0 Å². The van der Waals surface area contributed by atoms with Crippen LogP contribution in [0.2, 0.25) is 0 Å². The Bertz CT molecular complexity index is 601. The molecule has 0 fully saturated rings. The van der Waals surface area contributed by atoms with Gasteiger partial charge in [-0.05, 0) is 19.1 Å². The number of amides is 2. The van der Waals surface area contributed by atoms with Crippen LogP contribution in [-0.4, -0.2) is 40.7 Å². The molecular weight excluding hydrogens is 266 g/mol. The molecule has 0 aliphatic carbocycles. The molecule has 1 unspecified atom stereocenters. The fourth-order valence-electron chi connectivity index (χ4n) is 1.86. The highest BCUT2D eigenvalue weighted by molar-refractivity contribution is 5.93. The molecule has 0 saturated heterocycles. The number of hydrogen-bond donors (Lipinski definition) is 2. The molecule has 5 nitrogen and oxygen atoms in total. The van der Waals surface area contributed by atoms with Crippen LogP contribution < -0.4 is 5.32 Å². The van der Waals surface area contributed by atoms with E-state index in [1.807, 2.05) is 36.4 Å². The Morgan fingerprint density at radius 2 is 2.00 bits per heavy atom. The number of aromatic nitrogens is 1. The first kappa shape index (κ1) is 15.0. The average Bonchev–Trinajstić information content (AvgIpc) is 2.54. The fourth-order valence-corrected chi connectivity index (χ4v) is 1.86. The van der Waals surface area contributed by atoms with Crippen molar-refractivity contribution in [2.75, 3.05) is 19.0 Å². The Labute approximate surface area is 124 Å². The molecular formula is C16H19N3O2. The smallest absolute Gasteiger partial charge is 0.321 e. The van der Waals surface area contributed by atoms with Gasteiger partial charge in [0.05, 0.1) is 24.0 Å². The third-order valence-electron chi connectivity index (χ3n) is 3.34. The third kappa shape index (κ3) is 3.58. The van der Waals surface area contributed by atoms with Crippen molar-refractivity contribution in [3.63, 3.8) is 0 Å². The fraction of sp³-hybridized carbons (Fsp3) is 0.250. The monoisotopic (exact) mass is 285 g/mol. The maximum Gasteiger partial charge on any atom is 0.321 e. The van der Waals surface area contributed by atoms with E-state index in [4.69, 9.17) is 5.11 Å². The number of anilines is 1. The number of nitrogens with zero attached hydrogens (tertiary/aromatic N) is 2. The van der Waals surface area contributed by atoms with Crippen LogP contribution in [0.25, 0.3) is 11.3 Å². The molecule has 0 aliphatic rings. The maximum atomic E-state index is 12.2. The van der Waals surface area contributed by atoms with Gasteiger partial charge in [0, 0.05) is 18.8 Å². The molecule has 1 aromatic heterocycles. The molecule has 21 heavy (non-hydrogen) atoms. The van der Waals surface area contributed by atoms with Gasteiger partial charge < -0.3 is 15.3 Å². The van der Waals surface area contributed by atoms with Crippen LogP contribution in [0.1, 0.15) is 6.92 Å². The highest BCUT2D eigenvalue weighted by Gasteiger charge is 2.16. The Morgan fingerprint density at radius 3 is 2.67 bits per heavy atom. The summed E-state index contributed by atoms with van der Waals surface area (Å²) in [6.07, 6.45) is 1.69. The molecule has 0 saturated carbocycles. The number of aliphatic hydroxyl groups excluding tert-OH is 1. The first-order valence-electron chi connectivity index (χ1n) is 6.78. The highest BCUT2D eigenvalue weighted by atomic mass is 16.3. The van der Waals surface area contributed by atoms with E-state index in [9.17, 15) is 4.79 Å². The lowest BCUT2D eigenvalue weighted by Gasteiger charge is -2.24. The van der Waals surface area contributed by atoms with Crippen molar-refractivity contribution in [2.24, 2.45) is 0 Å². The summed E-state index contributed by atoms with van der Waals surface area (Å²) in [4.78, 5) is 18.0. The van der Waals surface area contributed by atoms with Gasteiger partial charge in [0.1, 0.15) is 0 Å². The lowest BCUT2D eigenvalue weighted by atomic mass is 10.1. The number of carbonyl (C=O) groups is 1. The normalized spacial score (nSPS) is 11.8. The summed E-state index contributed by atoms with van der Waals surface area (Å²) < 4.78 is 0. The predicted octanol–water partition coefficient (Wildman–Crippen LogP) is 2.59. The van der Waals surface area contributed by atoms with Crippen LogP contribution in [0.5, 0.6) is 0 Å². The third-order valence-corrected chi connectivity index (χ3v) is 3.34. The summed E-state index contributed by atoms with van der Waals surface area (Å²) in [7, 11) is 1.65. The van der Waals surface area contributed by atoms with Crippen molar-refractivity contribution in [3.8, 4) is 11.3 Å². The summed E-state index contributed by atoms with van der Waals surface area (Å²) >= 11 is 0. The number of benzene rings is 1. The number of rotatable bonds is 4. The molecule has 1 atom stereocenters. The SMILES string of the molecule is CC(CO)N(C)C(=O)Nc1cccnc1-c1ccccc1. The first-order chi connectivity index (χ1) is 10.1. The van der Waals surface area contributed by atoms with Crippen LogP contribution in [0.15, 0.2) is 48.7 Å². The number of pyridine rings is 1. The first-order valence-corrected chi connectivity index (χ1v) is 6.78. The zero-order chi connectivity index (χ0) is 15.2. The summed E-state index contributed by atoms with van der Waals surface area (Å²) in [5, 5.41) is 12.0. The molecule has 2 rings (SSSR count). The van der Waals surface area contributed by atoms with Crippen LogP contribution in [-0.2, 0) is 0 Å². The molecule has 2 N–H and O–H groups in total. The molecule has 0 spiro atoms. The largest absolute Gasteiger partial charge is 0.394 e. The number of aliphatic hydroxyl groups is 1. The van der Waals surface area contributed by atoms with Crippen molar-refractivity contribution < 1.29 is 9.90 Å². The van der Waals surface area contributed by atoms with Gasteiger partial charge in [0.2, 0.25) is 0 Å². The second kappa shape index (κ2) is 6.85. The average molecular weight is 285 g/mol. The topological polar surface area (TPSA) is 65.5 Å². The second-order valence-corrected chi connectivity index (χ2v) is 4.84. The summed E-state index contributed by atoms with van der Waals surface area (Å²) in [5.41, 5.74) is 2.30. The quantitative estimate of drug-likeness (QED) is 0.907. The van der Waals surface area contributed by atoms with Crippen molar-refractivity contribution in [1.29, 1.82) is 0 Å². The van der Waals surface area contributed by atoms with Crippen LogP contribution in [0, 0.1) is 0 Å². The Hall–Kier alpha value is -2.40. The van der Waals surface area contributed by atoms with Gasteiger partial charge in [-0.2, -0.15) is 0 Å². The summed E-state index contributed by atoms with van der Waals surface area (Å²) in [6, 6.07) is 12.7. The molecule has 5 heteroatoms. The molecule has 1 heterocycles. The van der Waals surface area contributed by atoms with Gasteiger partial charge in [-0.3, -0.25) is 4.98 Å². The molecule has 110 valence electrons. The van der Waals surface area contributed by atoms with E-state index in [1.165, 1.54) is 4.90 Å². The maximum absolute atomic E-state index is 12.2. The van der Waals surface area contributed by atoms with Crippen molar-refractivity contribution in [1.82, 2.24) is 9.88 Å². The standard InChI is InChI=1S/C16H19N3O2/c1-12(11-20)19(2)16(21)18-14-9-6-10-17-15(14)13-7-4-3-5-8-13/h3-10,12,20H,11H2,1-2H3,(H,18,21). The molecule has 2 amide bonds. The summed E-state index contributed by atoms with van der Waals surface area (Å²) in [5.74, 6) is 0. The van der Waals surface area contributed by atoms with E-state index in [-0.39, 0.29) is 18.7 Å². The van der Waals surface area contributed by atoms with Gasteiger partial charge in [-0.1, -0.05) is 30.3 Å². The van der Waals surface area contributed by atoms with Gasteiger partial charge in [-0.25, -0.2) is 4.79 Å². The van der Waals surface area contributed by atoms with Gasteiger partial charge >= 0.3 is 6.03 Å². The lowest BCUT2D eigenvalue weighted by Crippen LogP contribution is -2.40. The number of urea groups is 1. The van der Waals surface area contributed by atoms with E-state index < -0.39 is 0 Å². The Balaban J connectivity index is 2.24. The van der Waals surface area contributed by atoms with Crippen molar-refractivity contribution >= 4 is 11.7 Å². The van der Waals surface area contributed by atoms with E-state index in [1.54, 1.807) is 26.2 Å². The zero-order valence-electron chi connectivity index (χ0n) is 12.2. The molecule has 2 aromatic rings. The van der Waals surface area contributed by atoms with Crippen molar-refractivity contribution in [3.05, 3.63) is 48.7 Å². The van der Waals surface area contributed by atoms with Crippen molar-refractivity contribution in [2.45, 2.75) is 13.0 Å². The Kier molecular flexibility index (Phi) is 4.90. The second-order valence-electron chi connectivity index (χ2n) is 4.84. The minimum Gasteiger partial charge on any atom is -0.394 e. The number of likely N-dealkylation sites (N-methyl/N-ethyl adjacent to an activating group) is 1. The molecule has 0 aliphatic heterocycles. The van der Waals surface area contributed by atoms with Crippen LogP contribution in [0.4, 0.5) is 10.5 Å². The zero-order valence-corrected chi connectivity index (χ0v) is 12.2. The number of hydrogen-bond acceptors (Lipinski definition) is 3. The molecule has 1 aromatic carbocycles. The van der Waals surface area contributed by atoms with E-state index >= 15 is 0 Å². The number of nitrogens with one attached hydrogen (secondary N) is 1. The number of carbonyl (C=O) groups excluding carboxylic acids is 1. The lowest BCUT2D eigenvalue weighted by molar-refractivity contribution is 0.166. The predicted molar refractivity (Wildman–Crippen MR) is 83.0 cm³/mol. The minimum atomic E-state index is -0.276. The van der Waals surface area contributed by atoms with Crippen LogP contribution >= 0.6 is 0 Å². The summed E-state index contributed by atoms with van der Waals surface area (Å²) in [6.45, 7) is 1.70. The van der Waals surface area contributed by atoms with E-state index in [0.717, 1.165) is 11.3 Å². The molecule has 0 bridgehead atoms.